The van der Waals surface area contributed by atoms with E-state index in [1.54, 1.807) is 36.4 Å². The van der Waals surface area contributed by atoms with E-state index in [-0.39, 0.29) is 40.9 Å². The molecule has 2 heterocycles. The monoisotopic (exact) mass is 421 g/mol. The molecule has 6 heteroatoms. The Balaban J connectivity index is 1.47. The fraction of sp³-hybridized carbons (Fsp3) is 0.280. The van der Waals surface area contributed by atoms with Crippen molar-refractivity contribution in [1.82, 2.24) is 4.90 Å². The van der Waals surface area contributed by atoms with Crippen LogP contribution in [0.2, 0.25) is 0 Å². The Morgan fingerprint density at radius 1 is 0.742 bits per heavy atom. The highest BCUT2D eigenvalue weighted by atomic mass is 19.1. The van der Waals surface area contributed by atoms with Crippen LogP contribution < -0.4 is 0 Å². The number of phenols is 4. The van der Waals surface area contributed by atoms with Crippen LogP contribution in [0.25, 0.3) is 0 Å². The average molecular weight is 421 g/mol. The maximum Gasteiger partial charge on any atom is 0.157 e. The summed E-state index contributed by atoms with van der Waals surface area (Å²) in [5, 5.41) is 40.2. The number of fused-ring (bicyclic) bond motifs is 6. The van der Waals surface area contributed by atoms with Crippen molar-refractivity contribution >= 4 is 0 Å². The Labute approximate surface area is 179 Å². The summed E-state index contributed by atoms with van der Waals surface area (Å²) in [4.78, 5) is 2.38. The summed E-state index contributed by atoms with van der Waals surface area (Å²) in [6.45, 7) is 0.787. The number of phenolic OH excluding ortho intramolecular Hbond substituents is 4. The third-order valence-corrected chi connectivity index (χ3v) is 6.61. The standard InChI is InChI=1S/C25H24FNO4/c26-17-5-3-14(4-6-17)2-1-7-27-20-8-15-10-22(28)24(30)12-18(15)21(27)9-16-11-23(29)25(31)13-19(16)20/h3-6,10-13,20-21,28-31H,1-2,7-9H2. The molecule has 2 atom stereocenters. The van der Waals surface area contributed by atoms with Gasteiger partial charge in [-0.15, -0.1) is 0 Å². The molecule has 0 saturated heterocycles. The number of halogens is 1. The molecular formula is C25H24FNO4. The second kappa shape index (κ2) is 7.46. The minimum absolute atomic E-state index is 0.00934. The van der Waals surface area contributed by atoms with Gasteiger partial charge in [0, 0.05) is 12.1 Å². The van der Waals surface area contributed by atoms with E-state index >= 15 is 0 Å². The molecule has 31 heavy (non-hydrogen) atoms. The van der Waals surface area contributed by atoms with E-state index < -0.39 is 0 Å². The Bertz CT molecular complexity index is 1080. The van der Waals surface area contributed by atoms with Crippen molar-refractivity contribution in [3.63, 3.8) is 0 Å². The molecule has 0 spiro atoms. The predicted molar refractivity (Wildman–Crippen MR) is 114 cm³/mol. The van der Waals surface area contributed by atoms with Crippen LogP contribution in [-0.2, 0) is 19.3 Å². The number of hydrogen-bond acceptors (Lipinski definition) is 5. The van der Waals surface area contributed by atoms with E-state index in [2.05, 4.69) is 4.90 Å². The first-order valence-electron chi connectivity index (χ1n) is 10.5. The lowest BCUT2D eigenvalue weighted by Gasteiger charge is -2.48. The molecule has 0 amide bonds. The zero-order valence-corrected chi connectivity index (χ0v) is 16.9. The predicted octanol–water partition coefficient (Wildman–Crippen LogP) is 4.48. The van der Waals surface area contributed by atoms with Gasteiger partial charge in [0.1, 0.15) is 5.82 Å². The number of benzene rings is 3. The van der Waals surface area contributed by atoms with Gasteiger partial charge in [0.15, 0.2) is 23.0 Å². The number of aryl methyl sites for hydroxylation is 1. The molecule has 0 saturated carbocycles. The zero-order valence-electron chi connectivity index (χ0n) is 16.9. The number of aromatic hydroxyl groups is 4. The summed E-state index contributed by atoms with van der Waals surface area (Å²) in [6.07, 6.45) is 2.95. The van der Waals surface area contributed by atoms with Gasteiger partial charge in [-0.25, -0.2) is 4.39 Å². The van der Waals surface area contributed by atoms with Gasteiger partial charge in [0.25, 0.3) is 0 Å². The van der Waals surface area contributed by atoms with Crippen LogP contribution in [-0.4, -0.2) is 31.9 Å². The molecule has 2 aliphatic rings. The van der Waals surface area contributed by atoms with Gasteiger partial charge in [-0.3, -0.25) is 4.90 Å². The average Bonchev–Trinajstić information content (AvgIpc) is 2.73. The van der Waals surface area contributed by atoms with E-state index in [4.69, 9.17) is 0 Å². The van der Waals surface area contributed by atoms with Gasteiger partial charge in [-0.05, 0) is 96.4 Å². The zero-order chi connectivity index (χ0) is 21.7. The highest BCUT2D eigenvalue weighted by Crippen LogP contribution is 2.50. The Kier molecular flexibility index (Phi) is 4.74. The molecule has 0 radical (unpaired) electrons. The third kappa shape index (κ3) is 3.47. The molecule has 0 aromatic heterocycles. The molecule has 2 bridgehead atoms. The van der Waals surface area contributed by atoms with Crippen LogP contribution in [0.1, 0.15) is 46.3 Å². The molecule has 2 aliphatic heterocycles. The number of nitrogens with zero attached hydrogens (tertiary/aromatic N) is 1. The van der Waals surface area contributed by atoms with E-state index in [1.807, 2.05) is 0 Å². The molecule has 0 fully saturated rings. The van der Waals surface area contributed by atoms with Crippen LogP contribution >= 0.6 is 0 Å². The lowest BCUT2D eigenvalue weighted by atomic mass is 9.76. The largest absolute Gasteiger partial charge is 0.504 e. The second-order valence-electron chi connectivity index (χ2n) is 8.49. The van der Waals surface area contributed by atoms with Gasteiger partial charge in [0.05, 0.1) is 0 Å². The quantitative estimate of drug-likeness (QED) is 0.467. The summed E-state index contributed by atoms with van der Waals surface area (Å²) in [5.41, 5.74) is 5.00. The summed E-state index contributed by atoms with van der Waals surface area (Å²) in [5.74, 6) is -0.773. The minimum atomic E-state index is -0.242. The maximum atomic E-state index is 13.2. The van der Waals surface area contributed by atoms with Crippen molar-refractivity contribution in [2.24, 2.45) is 0 Å². The van der Waals surface area contributed by atoms with Crippen LogP contribution in [0.4, 0.5) is 4.39 Å². The first kappa shape index (κ1) is 19.7. The van der Waals surface area contributed by atoms with Crippen molar-refractivity contribution < 1.29 is 24.8 Å². The van der Waals surface area contributed by atoms with Crippen molar-refractivity contribution in [3.05, 3.63) is 82.2 Å². The van der Waals surface area contributed by atoms with Gasteiger partial charge in [-0.1, -0.05) is 12.1 Å². The first-order valence-corrected chi connectivity index (χ1v) is 10.5. The van der Waals surface area contributed by atoms with Crippen molar-refractivity contribution in [1.29, 1.82) is 0 Å². The molecule has 5 nitrogen and oxygen atoms in total. The van der Waals surface area contributed by atoms with Gasteiger partial charge >= 0.3 is 0 Å². The highest BCUT2D eigenvalue weighted by molar-refractivity contribution is 5.54. The van der Waals surface area contributed by atoms with Crippen LogP contribution in [0.15, 0.2) is 48.5 Å². The van der Waals surface area contributed by atoms with E-state index in [9.17, 15) is 24.8 Å². The number of hydrogen-bond donors (Lipinski definition) is 4. The topological polar surface area (TPSA) is 84.2 Å². The molecule has 4 N–H and O–H groups in total. The minimum Gasteiger partial charge on any atom is -0.504 e. The van der Waals surface area contributed by atoms with E-state index in [0.717, 1.165) is 47.2 Å². The third-order valence-electron chi connectivity index (χ3n) is 6.61. The lowest BCUT2D eigenvalue weighted by molar-refractivity contribution is 0.0992. The first-order chi connectivity index (χ1) is 14.9. The normalized spacial score (nSPS) is 19.6. The van der Waals surface area contributed by atoms with Gasteiger partial charge < -0.3 is 20.4 Å². The van der Waals surface area contributed by atoms with Crippen LogP contribution in [0, 0.1) is 5.82 Å². The van der Waals surface area contributed by atoms with Crippen LogP contribution in [0.5, 0.6) is 23.0 Å². The van der Waals surface area contributed by atoms with Gasteiger partial charge in [0.2, 0.25) is 0 Å². The van der Waals surface area contributed by atoms with Crippen LogP contribution in [0.3, 0.4) is 0 Å². The maximum absolute atomic E-state index is 13.2. The van der Waals surface area contributed by atoms with Crippen molar-refractivity contribution in [2.75, 3.05) is 6.54 Å². The lowest BCUT2D eigenvalue weighted by Crippen LogP contribution is -2.43. The Hall–Kier alpha value is -3.25. The fourth-order valence-corrected chi connectivity index (χ4v) is 5.12. The van der Waals surface area contributed by atoms with Crippen molar-refractivity contribution in [3.8, 4) is 23.0 Å². The van der Waals surface area contributed by atoms with E-state index in [1.165, 1.54) is 12.1 Å². The smallest absolute Gasteiger partial charge is 0.157 e. The second-order valence-corrected chi connectivity index (χ2v) is 8.49. The molecule has 3 aromatic carbocycles. The molecule has 3 aromatic rings. The Morgan fingerprint density at radius 2 is 1.23 bits per heavy atom. The number of rotatable bonds is 4. The fourth-order valence-electron chi connectivity index (χ4n) is 5.12. The summed E-state index contributed by atoms with van der Waals surface area (Å²) < 4.78 is 13.2. The highest BCUT2D eigenvalue weighted by Gasteiger charge is 2.40. The van der Waals surface area contributed by atoms with Gasteiger partial charge in [-0.2, -0.15) is 0 Å². The molecular weight excluding hydrogens is 397 g/mol. The SMILES string of the molecule is Oc1cc2c(cc1O)C1Cc3cc(O)c(O)cc3C(C2)N1CCCc1ccc(F)cc1. The Morgan fingerprint density at radius 3 is 1.74 bits per heavy atom. The van der Waals surface area contributed by atoms with Crippen molar-refractivity contribution in [2.45, 2.75) is 37.8 Å². The summed E-state index contributed by atoms with van der Waals surface area (Å²) >= 11 is 0. The van der Waals surface area contributed by atoms with E-state index in [0.29, 0.717) is 12.8 Å². The molecule has 0 aliphatic carbocycles. The summed E-state index contributed by atoms with van der Waals surface area (Å²) in [7, 11) is 0. The molecule has 160 valence electrons. The molecule has 5 rings (SSSR count). The molecule has 2 unspecified atom stereocenters. The summed E-state index contributed by atoms with van der Waals surface area (Å²) in [6, 6.07) is 13.1.